The Morgan fingerprint density at radius 1 is 0.923 bits per heavy atom. The number of rotatable bonds is 3. The summed E-state index contributed by atoms with van der Waals surface area (Å²) in [6.45, 7) is 3.94. The van der Waals surface area contributed by atoms with Crippen LogP contribution < -0.4 is 0 Å². The summed E-state index contributed by atoms with van der Waals surface area (Å²) in [5.41, 5.74) is 2.93. The Bertz CT molecular complexity index is 1080. The van der Waals surface area contributed by atoms with Crippen LogP contribution in [0.25, 0.3) is 34.1 Å². The van der Waals surface area contributed by atoms with Crippen LogP contribution in [-0.4, -0.2) is 20.4 Å². The van der Waals surface area contributed by atoms with Gasteiger partial charge in [-0.3, -0.25) is 0 Å². The van der Waals surface area contributed by atoms with E-state index in [0.29, 0.717) is 11.3 Å². The number of aliphatic hydroxyl groups excluding tert-OH is 1. The van der Waals surface area contributed by atoms with E-state index < -0.39 is 12.1 Å². The third-order valence-electron chi connectivity index (χ3n) is 4.26. The van der Waals surface area contributed by atoms with Gasteiger partial charge in [0.05, 0.1) is 0 Å². The van der Waals surface area contributed by atoms with Crippen LogP contribution in [0.2, 0.25) is 0 Å². The fourth-order valence-corrected chi connectivity index (χ4v) is 2.81. The third kappa shape index (κ3) is 2.67. The zero-order valence-electron chi connectivity index (χ0n) is 14.0. The first-order chi connectivity index (χ1) is 12.4. The Kier molecular flexibility index (Phi) is 3.82. The maximum atomic E-state index is 13.9. The topological polar surface area (TPSA) is 92.5 Å². The summed E-state index contributed by atoms with van der Waals surface area (Å²) >= 11 is 0. The second-order valence-electron chi connectivity index (χ2n) is 6.08. The molecule has 0 amide bonds. The van der Waals surface area contributed by atoms with E-state index in [1.54, 1.807) is 0 Å². The van der Waals surface area contributed by atoms with Crippen LogP contribution in [0.1, 0.15) is 23.0 Å². The van der Waals surface area contributed by atoms with Crippen LogP contribution in [0.4, 0.5) is 4.39 Å². The zero-order chi connectivity index (χ0) is 18.4. The molecule has 0 radical (unpaired) electrons. The predicted octanol–water partition coefficient (Wildman–Crippen LogP) is 3.89. The fourth-order valence-electron chi connectivity index (χ4n) is 2.81. The number of halogens is 1. The van der Waals surface area contributed by atoms with Crippen LogP contribution in [0, 0.1) is 19.7 Å². The molecule has 0 saturated carbocycles. The molecule has 0 saturated heterocycles. The molecular weight excluding hydrogens is 339 g/mol. The normalized spacial score (nSPS) is 11.6. The molecular formula is C19H15FN2O4. The Morgan fingerprint density at radius 3 is 2.35 bits per heavy atom. The molecule has 2 aromatic carbocycles. The number of hydrogen-bond acceptors (Lipinski definition) is 6. The standard InChI is InChI=1S/C19H15FN2O4/c1-9-3-4-10(2)16-13(9)8-15(25-16)18-22-21-17(26-18)11-5-6-12(19(23)24)14(20)7-11/h3-8,19,23-24H,1-2H3. The highest BCUT2D eigenvalue weighted by molar-refractivity contribution is 5.87. The quantitative estimate of drug-likeness (QED) is 0.542. The molecule has 4 aromatic rings. The van der Waals surface area contributed by atoms with E-state index in [1.807, 2.05) is 32.0 Å². The van der Waals surface area contributed by atoms with Crippen molar-refractivity contribution in [2.45, 2.75) is 20.1 Å². The van der Waals surface area contributed by atoms with E-state index in [9.17, 15) is 4.39 Å². The molecule has 4 rings (SSSR count). The van der Waals surface area contributed by atoms with E-state index in [2.05, 4.69) is 10.2 Å². The minimum Gasteiger partial charge on any atom is -0.451 e. The molecule has 7 heteroatoms. The number of furan rings is 1. The van der Waals surface area contributed by atoms with Gasteiger partial charge in [0.2, 0.25) is 5.89 Å². The number of hydrogen-bond donors (Lipinski definition) is 2. The maximum absolute atomic E-state index is 13.9. The van der Waals surface area contributed by atoms with Gasteiger partial charge >= 0.3 is 0 Å². The van der Waals surface area contributed by atoms with Crippen LogP contribution in [0.3, 0.4) is 0 Å². The molecule has 0 unspecified atom stereocenters. The summed E-state index contributed by atoms with van der Waals surface area (Å²) < 4.78 is 25.4. The van der Waals surface area contributed by atoms with Gasteiger partial charge in [0, 0.05) is 16.5 Å². The Labute approximate surface area is 147 Å². The lowest BCUT2D eigenvalue weighted by Gasteiger charge is -2.05. The highest BCUT2D eigenvalue weighted by Crippen LogP contribution is 2.32. The second-order valence-corrected chi connectivity index (χ2v) is 6.08. The molecule has 2 aromatic heterocycles. The molecule has 2 heterocycles. The molecule has 0 atom stereocenters. The van der Waals surface area contributed by atoms with Gasteiger partial charge in [-0.1, -0.05) is 18.2 Å². The van der Waals surface area contributed by atoms with Crippen molar-refractivity contribution in [1.82, 2.24) is 10.2 Å². The number of fused-ring (bicyclic) bond motifs is 1. The van der Waals surface area contributed by atoms with Gasteiger partial charge in [0.1, 0.15) is 11.4 Å². The van der Waals surface area contributed by atoms with Gasteiger partial charge in [-0.15, -0.1) is 10.2 Å². The molecule has 26 heavy (non-hydrogen) atoms. The van der Waals surface area contributed by atoms with Gasteiger partial charge in [-0.2, -0.15) is 0 Å². The van der Waals surface area contributed by atoms with E-state index in [1.165, 1.54) is 12.1 Å². The molecule has 0 fully saturated rings. The molecule has 132 valence electrons. The first kappa shape index (κ1) is 16.4. The first-order valence-electron chi connectivity index (χ1n) is 7.93. The molecule has 0 spiro atoms. The van der Waals surface area contributed by atoms with Crippen LogP contribution >= 0.6 is 0 Å². The molecule has 2 N–H and O–H groups in total. The number of nitrogens with zero attached hydrogens (tertiary/aromatic N) is 2. The van der Waals surface area contributed by atoms with Crippen LogP contribution in [0.15, 0.2) is 45.2 Å². The Hall–Kier alpha value is -3.03. The highest BCUT2D eigenvalue weighted by atomic mass is 19.1. The summed E-state index contributed by atoms with van der Waals surface area (Å²) in [5.74, 6) is -0.0558. The van der Waals surface area contributed by atoms with Gasteiger partial charge in [0.15, 0.2) is 12.1 Å². The maximum Gasteiger partial charge on any atom is 0.283 e. The van der Waals surface area contributed by atoms with E-state index in [4.69, 9.17) is 19.0 Å². The lowest BCUT2D eigenvalue weighted by atomic mass is 10.1. The third-order valence-corrected chi connectivity index (χ3v) is 4.26. The average molecular weight is 354 g/mol. The molecule has 0 aliphatic heterocycles. The number of aromatic nitrogens is 2. The minimum atomic E-state index is -1.88. The van der Waals surface area contributed by atoms with Gasteiger partial charge in [-0.25, -0.2) is 4.39 Å². The lowest BCUT2D eigenvalue weighted by Crippen LogP contribution is -1.98. The Morgan fingerprint density at radius 2 is 1.65 bits per heavy atom. The van der Waals surface area contributed by atoms with Crippen molar-refractivity contribution in [1.29, 1.82) is 0 Å². The van der Waals surface area contributed by atoms with Gasteiger partial charge in [-0.05, 0) is 43.2 Å². The van der Waals surface area contributed by atoms with Crippen molar-refractivity contribution in [2.75, 3.05) is 0 Å². The van der Waals surface area contributed by atoms with E-state index >= 15 is 0 Å². The van der Waals surface area contributed by atoms with E-state index in [-0.39, 0.29) is 17.3 Å². The lowest BCUT2D eigenvalue weighted by molar-refractivity contribution is -0.0449. The minimum absolute atomic E-state index is 0.103. The van der Waals surface area contributed by atoms with Crippen molar-refractivity contribution >= 4 is 11.0 Å². The van der Waals surface area contributed by atoms with Gasteiger partial charge in [0.25, 0.3) is 5.89 Å². The summed E-state index contributed by atoms with van der Waals surface area (Å²) in [4.78, 5) is 0. The molecule has 0 bridgehead atoms. The summed E-state index contributed by atoms with van der Waals surface area (Å²) in [7, 11) is 0. The smallest absolute Gasteiger partial charge is 0.283 e. The van der Waals surface area contributed by atoms with Crippen molar-refractivity contribution in [3.63, 3.8) is 0 Å². The van der Waals surface area contributed by atoms with Gasteiger partial charge < -0.3 is 19.0 Å². The van der Waals surface area contributed by atoms with Crippen molar-refractivity contribution in [3.8, 4) is 23.1 Å². The number of aryl methyl sites for hydroxylation is 2. The van der Waals surface area contributed by atoms with Crippen LogP contribution in [-0.2, 0) is 0 Å². The average Bonchev–Trinajstić information content (AvgIpc) is 3.25. The Balaban J connectivity index is 1.74. The first-order valence-corrected chi connectivity index (χ1v) is 7.93. The number of aliphatic hydroxyl groups is 2. The largest absolute Gasteiger partial charge is 0.451 e. The predicted molar refractivity (Wildman–Crippen MR) is 91.6 cm³/mol. The highest BCUT2D eigenvalue weighted by Gasteiger charge is 2.18. The summed E-state index contributed by atoms with van der Waals surface area (Å²) in [6.07, 6.45) is -1.88. The summed E-state index contributed by atoms with van der Waals surface area (Å²) in [5, 5.41) is 27.0. The molecule has 0 aliphatic rings. The van der Waals surface area contributed by atoms with E-state index in [0.717, 1.165) is 28.2 Å². The summed E-state index contributed by atoms with van der Waals surface area (Å²) in [6, 6.07) is 9.66. The SMILES string of the molecule is Cc1ccc(C)c2oc(-c3nnc(-c4ccc(C(O)O)c(F)c4)o3)cc12. The van der Waals surface area contributed by atoms with Crippen molar-refractivity contribution in [3.05, 3.63) is 58.9 Å². The molecule has 6 nitrogen and oxygen atoms in total. The zero-order valence-corrected chi connectivity index (χ0v) is 14.0. The fraction of sp³-hybridized carbons (Fsp3) is 0.158. The van der Waals surface area contributed by atoms with Crippen molar-refractivity contribution in [2.24, 2.45) is 0 Å². The van der Waals surface area contributed by atoms with Crippen LogP contribution in [0.5, 0.6) is 0 Å². The molecule has 0 aliphatic carbocycles. The monoisotopic (exact) mass is 354 g/mol. The number of benzene rings is 2. The second kappa shape index (κ2) is 6.05. The van der Waals surface area contributed by atoms with Crippen molar-refractivity contribution < 1.29 is 23.4 Å².